The zero-order valence-corrected chi connectivity index (χ0v) is 33.6. The summed E-state index contributed by atoms with van der Waals surface area (Å²) in [5.41, 5.74) is -0.0382. The van der Waals surface area contributed by atoms with Gasteiger partial charge in [0, 0.05) is 50.5 Å². The van der Waals surface area contributed by atoms with Gasteiger partial charge in [0.2, 0.25) is 23.6 Å². The molecular formula is C41H66N6O6. The van der Waals surface area contributed by atoms with Crippen molar-refractivity contribution in [2.75, 3.05) is 59.6 Å². The smallest absolute Gasteiger partial charge is 0.242 e. The molecule has 296 valence electrons. The first kappa shape index (κ1) is 45.3. The van der Waals surface area contributed by atoms with Crippen molar-refractivity contribution in [3.8, 4) is 0 Å². The molecule has 0 saturated carbocycles. The number of benzene rings is 2. The van der Waals surface area contributed by atoms with Crippen molar-refractivity contribution in [3.63, 3.8) is 0 Å². The van der Waals surface area contributed by atoms with Crippen LogP contribution in [0.2, 0.25) is 0 Å². The highest BCUT2D eigenvalue weighted by atomic mass is 16.7. The summed E-state index contributed by atoms with van der Waals surface area (Å²) in [5, 5.41) is 15.4. The molecule has 2 aromatic carbocycles. The molecule has 0 heterocycles. The minimum absolute atomic E-state index is 0.0553. The topological polar surface area (TPSA) is 150 Å². The number of amides is 4. The molecule has 4 amide bonds. The van der Waals surface area contributed by atoms with Crippen LogP contribution in [0.4, 0.5) is 0 Å². The lowest BCUT2D eigenvalue weighted by molar-refractivity contribution is -0.169. The summed E-state index contributed by atoms with van der Waals surface area (Å²) < 4.78 is 5.92. The Kier molecular flexibility index (Phi) is 19.1. The zero-order chi connectivity index (χ0) is 39.5. The van der Waals surface area contributed by atoms with Crippen LogP contribution in [0.1, 0.15) is 86.1 Å². The van der Waals surface area contributed by atoms with Crippen molar-refractivity contribution in [1.82, 2.24) is 26.3 Å². The summed E-state index contributed by atoms with van der Waals surface area (Å²) in [6.45, 7) is 21.0. The van der Waals surface area contributed by atoms with Gasteiger partial charge in [-0.3, -0.25) is 24.0 Å². The van der Waals surface area contributed by atoms with E-state index in [1.165, 1.54) is 5.06 Å². The first-order valence-corrected chi connectivity index (χ1v) is 18.9. The van der Waals surface area contributed by atoms with E-state index in [2.05, 4.69) is 46.8 Å². The maximum atomic E-state index is 13.5. The fraction of sp³-hybridized carbons (Fsp3) is 0.634. The third-order valence-electron chi connectivity index (χ3n) is 8.59. The fourth-order valence-corrected chi connectivity index (χ4v) is 5.60. The second-order valence-electron chi connectivity index (χ2n) is 16.5. The van der Waals surface area contributed by atoms with Crippen molar-refractivity contribution < 1.29 is 28.8 Å². The van der Waals surface area contributed by atoms with Gasteiger partial charge < -0.3 is 31.0 Å². The second kappa shape index (κ2) is 22.4. The quantitative estimate of drug-likeness (QED) is 0.0613. The fourth-order valence-electron chi connectivity index (χ4n) is 5.60. The normalized spacial score (nSPS) is 12.7. The molecule has 0 aliphatic carbocycles. The molecule has 2 rings (SSSR count). The molecule has 0 fully saturated rings. The van der Waals surface area contributed by atoms with E-state index < -0.39 is 11.5 Å². The molecule has 53 heavy (non-hydrogen) atoms. The Morgan fingerprint density at radius 2 is 1.49 bits per heavy atom. The van der Waals surface area contributed by atoms with Gasteiger partial charge in [0.15, 0.2) is 0 Å². The molecular weight excluding hydrogens is 672 g/mol. The van der Waals surface area contributed by atoms with Crippen molar-refractivity contribution in [1.29, 1.82) is 0 Å². The molecule has 4 N–H and O–H groups in total. The van der Waals surface area contributed by atoms with Crippen LogP contribution in [0, 0.1) is 16.2 Å². The van der Waals surface area contributed by atoms with E-state index in [1.54, 1.807) is 7.05 Å². The van der Waals surface area contributed by atoms with Gasteiger partial charge in [0.05, 0.1) is 26.2 Å². The summed E-state index contributed by atoms with van der Waals surface area (Å²) in [6, 6.07) is 13.1. The minimum atomic E-state index is -0.753. The first-order chi connectivity index (χ1) is 24.9. The predicted octanol–water partition coefficient (Wildman–Crippen LogP) is 4.85. The number of likely N-dealkylation sites (N-methyl/N-ethyl adjacent to an activating group) is 1. The van der Waals surface area contributed by atoms with Crippen LogP contribution >= 0.6 is 0 Å². The minimum Gasteiger partial charge on any atom is -0.380 e. The summed E-state index contributed by atoms with van der Waals surface area (Å²) in [6.07, 6.45) is 2.99. The van der Waals surface area contributed by atoms with E-state index in [-0.39, 0.29) is 54.0 Å². The average Bonchev–Trinajstić information content (AvgIpc) is 3.07. The third-order valence-corrected chi connectivity index (χ3v) is 8.59. The Labute approximate surface area is 317 Å². The number of ether oxygens (including phenoxy) is 1. The van der Waals surface area contributed by atoms with Crippen molar-refractivity contribution in [2.45, 2.75) is 93.0 Å². The Morgan fingerprint density at radius 1 is 0.811 bits per heavy atom. The van der Waals surface area contributed by atoms with Gasteiger partial charge in [-0.1, -0.05) is 90.9 Å². The molecule has 0 radical (unpaired) electrons. The largest absolute Gasteiger partial charge is 0.380 e. The maximum Gasteiger partial charge on any atom is 0.242 e. The number of hydrogen-bond donors (Lipinski definition) is 4. The number of aliphatic imine (C=N–C) groups is 1. The third kappa shape index (κ3) is 19.2. The molecule has 0 aliphatic heterocycles. The number of nitrogens with one attached hydrogen (secondary N) is 4. The summed E-state index contributed by atoms with van der Waals surface area (Å²) in [4.78, 5) is 61.3. The Hall–Kier alpha value is -3.87. The highest BCUT2D eigenvalue weighted by Crippen LogP contribution is 2.23. The molecule has 1 unspecified atom stereocenters. The van der Waals surface area contributed by atoms with Gasteiger partial charge in [-0.25, -0.2) is 0 Å². The maximum absolute atomic E-state index is 13.5. The lowest BCUT2D eigenvalue weighted by Crippen LogP contribution is -2.49. The van der Waals surface area contributed by atoms with E-state index >= 15 is 0 Å². The molecule has 2 aromatic rings. The van der Waals surface area contributed by atoms with Gasteiger partial charge in [0.25, 0.3) is 0 Å². The van der Waals surface area contributed by atoms with Gasteiger partial charge in [0.1, 0.15) is 12.6 Å². The Morgan fingerprint density at radius 3 is 2.19 bits per heavy atom. The van der Waals surface area contributed by atoms with Crippen LogP contribution in [-0.2, 0) is 35.2 Å². The lowest BCUT2D eigenvalue weighted by Gasteiger charge is -2.28. The summed E-state index contributed by atoms with van der Waals surface area (Å²) in [5.74, 6) is -0.697. The summed E-state index contributed by atoms with van der Waals surface area (Å²) >= 11 is 0. The van der Waals surface area contributed by atoms with Crippen LogP contribution in [-0.4, -0.2) is 101 Å². The van der Waals surface area contributed by atoms with Crippen molar-refractivity contribution >= 4 is 41.1 Å². The summed E-state index contributed by atoms with van der Waals surface area (Å²) in [7, 11) is 1.70. The highest BCUT2D eigenvalue weighted by Gasteiger charge is 2.27. The van der Waals surface area contributed by atoms with E-state index in [0.29, 0.717) is 65.1 Å². The molecule has 12 nitrogen and oxygen atoms in total. The van der Waals surface area contributed by atoms with Crippen molar-refractivity contribution in [3.05, 3.63) is 48.0 Å². The number of hydroxylamine groups is 2. The first-order valence-electron chi connectivity index (χ1n) is 18.9. The molecule has 0 aliphatic rings. The van der Waals surface area contributed by atoms with Crippen molar-refractivity contribution in [2.24, 2.45) is 21.2 Å². The zero-order valence-electron chi connectivity index (χ0n) is 33.6. The van der Waals surface area contributed by atoms with Crippen LogP contribution in [0.25, 0.3) is 10.8 Å². The number of hydrogen-bond acceptors (Lipinski definition) is 8. The van der Waals surface area contributed by atoms with Crippen LogP contribution in [0.15, 0.2) is 47.5 Å². The SMILES string of the molecule is C=NCC(C)(C)COCC(C)(C)CC(=O)NCCCCC(NC(=O)Cc1ccc2ccccc2c1)C(=O)NCC(C)(C)CON(C)CC(=O)NCCC. The highest BCUT2D eigenvalue weighted by molar-refractivity contribution is 5.89. The number of carbonyl (C=O) groups is 4. The molecule has 0 spiro atoms. The molecule has 0 bridgehead atoms. The van der Waals surface area contributed by atoms with Crippen LogP contribution in [0.3, 0.4) is 0 Å². The standard InChI is InChI=1S/C41H66N6O6/c1-10-20-43-37(50)25-47(9)53-30-41(6,7)27-45-38(51)34(46-35(48)23-31-18-19-32-15-11-12-16-33(32)22-31)17-13-14-21-44-36(49)24-39(2,3)28-52-29-40(4,5)26-42-8/h11-12,15-16,18-19,22,34H,8,10,13-14,17,20-21,23-30H2,1-7,9H3,(H,43,50)(H,44,49)(H,45,51)(H,46,48). The molecule has 12 heteroatoms. The van der Waals surface area contributed by atoms with E-state index in [4.69, 9.17) is 9.57 Å². The number of carbonyl (C=O) groups excluding carboxylic acids is 4. The Balaban J connectivity index is 1.92. The second-order valence-corrected chi connectivity index (χ2v) is 16.5. The van der Waals surface area contributed by atoms with Gasteiger partial charge in [-0.2, -0.15) is 5.06 Å². The number of fused-ring (bicyclic) bond motifs is 1. The number of rotatable bonds is 26. The lowest BCUT2D eigenvalue weighted by atomic mass is 9.89. The van der Waals surface area contributed by atoms with E-state index in [0.717, 1.165) is 22.8 Å². The molecule has 0 saturated heterocycles. The van der Waals surface area contributed by atoms with Gasteiger partial charge >= 0.3 is 0 Å². The Bertz CT molecular complexity index is 1480. The average molecular weight is 739 g/mol. The van der Waals surface area contributed by atoms with Gasteiger partial charge in [-0.15, -0.1) is 0 Å². The monoisotopic (exact) mass is 739 g/mol. The van der Waals surface area contributed by atoms with E-state index in [1.807, 2.05) is 77.1 Å². The van der Waals surface area contributed by atoms with Gasteiger partial charge in [-0.05, 0) is 54.2 Å². The molecule has 0 aromatic heterocycles. The predicted molar refractivity (Wildman–Crippen MR) is 213 cm³/mol. The van der Waals surface area contributed by atoms with Crippen LogP contribution < -0.4 is 21.3 Å². The van der Waals surface area contributed by atoms with Crippen LogP contribution in [0.5, 0.6) is 0 Å². The van der Waals surface area contributed by atoms with E-state index in [9.17, 15) is 19.2 Å². The number of nitrogens with zero attached hydrogens (tertiary/aromatic N) is 2. The molecule has 1 atom stereocenters. The number of unbranched alkanes of at least 4 members (excludes halogenated alkanes) is 1.